The Bertz CT molecular complexity index is 949. The Kier molecular flexibility index (Phi) is 4.26. The molecule has 1 N–H and O–H groups in total. The lowest BCUT2D eigenvalue weighted by Crippen LogP contribution is -2.00. The number of carbonyl (C=O) groups excluding carboxylic acids is 2. The van der Waals surface area contributed by atoms with Gasteiger partial charge in [0, 0.05) is 11.3 Å². The first-order valence-corrected chi connectivity index (χ1v) is 8.03. The molecule has 7 heteroatoms. The first-order valence-electron chi connectivity index (χ1n) is 7.21. The van der Waals surface area contributed by atoms with Gasteiger partial charge in [0.25, 0.3) is 0 Å². The van der Waals surface area contributed by atoms with Crippen molar-refractivity contribution in [3.05, 3.63) is 46.6 Å². The molecular formula is C17H15N3O3S. The summed E-state index contributed by atoms with van der Waals surface area (Å²) in [5.41, 5.74) is 2.13. The van der Waals surface area contributed by atoms with Crippen LogP contribution in [0.2, 0.25) is 0 Å². The highest BCUT2D eigenvalue weighted by molar-refractivity contribution is 7.20. The number of nitrogens with one attached hydrogen (secondary N) is 1. The Hall–Kier alpha value is -2.80. The second-order valence-corrected chi connectivity index (χ2v) is 6.21. The first-order chi connectivity index (χ1) is 11.5. The number of aromatic nitrogens is 2. The molecular weight excluding hydrogens is 326 g/mol. The van der Waals surface area contributed by atoms with Gasteiger partial charge < -0.3 is 10.1 Å². The highest BCUT2D eigenvalue weighted by Crippen LogP contribution is 2.34. The molecule has 2 heterocycles. The van der Waals surface area contributed by atoms with E-state index in [4.69, 9.17) is 4.74 Å². The summed E-state index contributed by atoms with van der Waals surface area (Å²) in [7, 11) is 1.35. The first kappa shape index (κ1) is 16.1. The van der Waals surface area contributed by atoms with Gasteiger partial charge in [-0.15, -0.1) is 11.3 Å². The van der Waals surface area contributed by atoms with Crippen molar-refractivity contribution in [2.75, 3.05) is 12.4 Å². The maximum Gasteiger partial charge on any atom is 0.348 e. The average Bonchev–Trinajstić information content (AvgIpc) is 2.92. The molecule has 0 amide bonds. The molecule has 122 valence electrons. The largest absolute Gasteiger partial charge is 0.465 e. The van der Waals surface area contributed by atoms with Crippen LogP contribution >= 0.6 is 11.3 Å². The van der Waals surface area contributed by atoms with E-state index in [0.29, 0.717) is 21.1 Å². The Morgan fingerprint density at radius 3 is 2.75 bits per heavy atom. The summed E-state index contributed by atoms with van der Waals surface area (Å²) < 4.78 is 4.81. The molecule has 0 unspecified atom stereocenters. The number of hydrogen-bond donors (Lipinski definition) is 1. The minimum Gasteiger partial charge on any atom is -0.465 e. The van der Waals surface area contributed by atoms with E-state index in [1.165, 1.54) is 31.7 Å². The monoisotopic (exact) mass is 341 g/mol. The van der Waals surface area contributed by atoms with E-state index in [1.807, 2.05) is 13.0 Å². The van der Waals surface area contributed by atoms with Crippen molar-refractivity contribution in [1.29, 1.82) is 0 Å². The molecule has 1 aromatic carbocycles. The van der Waals surface area contributed by atoms with E-state index < -0.39 is 0 Å². The van der Waals surface area contributed by atoms with Crippen molar-refractivity contribution < 1.29 is 14.3 Å². The number of ketones is 1. The van der Waals surface area contributed by atoms with E-state index in [9.17, 15) is 9.59 Å². The van der Waals surface area contributed by atoms with Gasteiger partial charge in [-0.2, -0.15) is 0 Å². The van der Waals surface area contributed by atoms with Gasteiger partial charge in [-0.25, -0.2) is 14.8 Å². The number of ether oxygens (including phenoxy) is 1. The molecule has 6 nitrogen and oxygen atoms in total. The summed E-state index contributed by atoms with van der Waals surface area (Å²) in [6, 6.07) is 7.18. The average molecular weight is 341 g/mol. The van der Waals surface area contributed by atoms with E-state index in [1.54, 1.807) is 18.2 Å². The Morgan fingerprint density at radius 2 is 2.04 bits per heavy atom. The molecule has 0 saturated heterocycles. The quantitative estimate of drug-likeness (QED) is 0.575. The lowest BCUT2D eigenvalue weighted by molar-refractivity contribution is 0.0605. The summed E-state index contributed by atoms with van der Waals surface area (Å²) >= 11 is 1.27. The number of Topliss-reactive ketones (excluding diaryl/α,β-unsaturated/α-hetero) is 1. The Morgan fingerprint density at radius 1 is 1.25 bits per heavy atom. The van der Waals surface area contributed by atoms with Gasteiger partial charge in [0.1, 0.15) is 21.9 Å². The van der Waals surface area contributed by atoms with Gasteiger partial charge in [0.2, 0.25) is 0 Å². The molecule has 0 bridgehead atoms. The van der Waals surface area contributed by atoms with Crippen molar-refractivity contribution in [2.24, 2.45) is 0 Å². The molecule has 0 aliphatic rings. The number of thiophene rings is 1. The number of fused-ring (bicyclic) bond motifs is 1. The fourth-order valence-corrected chi connectivity index (χ4v) is 3.47. The smallest absolute Gasteiger partial charge is 0.348 e. The van der Waals surface area contributed by atoms with Crippen LogP contribution in [0.25, 0.3) is 10.2 Å². The third-order valence-corrected chi connectivity index (χ3v) is 4.81. The van der Waals surface area contributed by atoms with Crippen molar-refractivity contribution in [2.45, 2.75) is 13.8 Å². The maximum absolute atomic E-state index is 11.9. The third-order valence-electron chi connectivity index (χ3n) is 3.63. The van der Waals surface area contributed by atoms with Crippen molar-refractivity contribution in [3.63, 3.8) is 0 Å². The fraction of sp³-hybridized carbons (Fsp3) is 0.176. The molecule has 0 aliphatic carbocycles. The van der Waals surface area contributed by atoms with Gasteiger partial charge in [-0.1, -0.05) is 12.1 Å². The van der Waals surface area contributed by atoms with Gasteiger partial charge in [0.05, 0.1) is 12.5 Å². The van der Waals surface area contributed by atoms with Crippen LogP contribution in [0.4, 0.5) is 11.5 Å². The predicted octanol–water partition coefficient (Wildman–Crippen LogP) is 3.73. The number of aryl methyl sites for hydroxylation is 1. The van der Waals surface area contributed by atoms with E-state index in [2.05, 4.69) is 15.3 Å². The topological polar surface area (TPSA) is 81.2 Å². The number of nitrogens with zero attached hydrogens (tertiary/aromatic N) is 2. The van der Waals surface area contributed by atoms with Crippen LogP contribution in [-0.2, 0) is 4.74 Å². The fourth-order valence-electron chi connectivity index (χ4n) is 2.41. The lowest BCUT2D eigenvalue weighted by Gasteiger charge is -2.08. The Balaban J connectivity index is 2.07. The minimum atomic E-state index is -0.389. The standard InChI is InChI=1S/C17H15N3O3S/c1-9-13-15(20-12-6-4-5-11(7-12)10(2)21)18-8-19-16(13)24-14(9)17(22)23-3/h4-8H,1-3H3,(H,18,19,20). The number of methoxy groups -OCH3 is 1. The molecule has 0 saturated carbocycles. The van der Waals surface area contributed by atoms with Crippen LogP contribution in [0, 0.1) is 6.92 Å². The maximum atomic E-state index is 11.9. The van der Waals surface area contributed by atoms with Crippen LogP contribution in [0.3, 0.4) is 0 Å². The van der Waals surface area contributed by atoms with Crippen molar-refractivity contribution >= 4 is 44.8 Å². The number of rotatable bonds is 4. The summed E-state index contributed by atoms with van der Waals surface area (Å²) in [6.07, 6.45) is 1.44. The number of benzene rings is 1. The van der Waals surface area contributed by atoms with Crippen LogP contribution in [-0.4, -0.2) is 28.8 Å². The molecule has 24 heavy (non-hydrogen) atoms. The molecule has 0 radical (unpaired) electrons. The zero-order chi connectivity index (χ0) is 17.3. The molecule has 0 atom stereocenters. The van der Waals surface area contributed by atoms with E-state index in [0.717, 1.165) is 16.6 Å². The second kappa shape index (κ2) is 6.37. The van der Waals surface area contributed by atoms with Gasteiger partial charge >= 0.3 is 5.97 Å². The van der Waals surface area contributed by atoms with Crippen LogP contribution in [0.15, 0.2) is 30.6 Å². The van der Waals surface area contributed by atoms with Gasteiger partial charge in [-0.05, 0) is 31.5 Å². The predicted molar refractivity (Wildman–Crippen MR) is 93.2 cm³/mol. The normalized spacial score (nSPS) is 10.6. The van der Waals surface area contributed by atoms with Crippen molar-refractivity contribution in [3.8, 4) is 0 Å². The summed E-state index contributed by atoms with van der Waals surface area (Å²) in [6.45, 7) is 3.36. The van der Waals surface area contributed by atoms with E-state index in [-0.39, 0.29) is 11.8 Å². The molecule has 0 aliphatic heterocycles. The van der Waals surface area contributed by atoms with Crippen LogP contribution in [0.5, 0.6) is 0 Å². The second-order valence-electron chi connectivity index (χ2n) is 5.21. The molecule has 2 aromatic heterocycles. The van der Waals surface area contributed by atoms with Crippen molar-refractivity contribution in [1.82, 2.24) is 9.97 Å². The highest BCUT2D eigenvalue weighted by atomic mass is 32.1. The summed E-state index contributed by atoms with van der Waals surface area (Å²) in [5.74, 6) is 0.191. The molecule has 0 fully saturated rings. The van der Waals surface area contributed by atoms with Crippen LogP contribution < -0.4 is 5.32 Å². The Labute approximate surface area is 142 Å². The number of carbonyl (C=O) groups is 2. The minimum absolute atomic E-state index is 0.00817. The SMILES string of the molecule is COC(=O)c1sc2ncnc(Nc3cccc(C(C)=O)c3)c2c1C. The van der Waals surface area contributed by atoms with Gasteiger partial charge in [-0.3, -0.25) is 4.79 Å². The van der Waals surface area contributed by atoms with Gasteiger partial charge in [0.15, 0.2) is 5.78 Å². The van der Waals surface area contributed by atoms with E-state index >= 15 is 0 Å². The molecule has 3 aromatic rings. The lowest BCUT2D eigenvalue weighted by atomic mass is 10.1. The molecule has 0 spiro atoms. The zero-order valence-corrected chi connectivity index (χ0v) is 14.2. The summed E-state index contributed by atoms with van der Waals surface area (Å²) in [4.78, 5) is 33.1. The number of anilines is 2. The zero-order valence-electron chi connectivity index (χ0n) is 13.4. The number of esters is 1. The summed E-state index contributed by atoms with van der Waals surface area (Å²) in [5, 5.41) is 3.98. The van der Waals surface area contributed by atoms with Crippen LogP contribution in [0.1, 0.15) is 32.5 Å². The molecule has 3 rings (SSSR count). The third kappa shape index (κ3) is 2.85. The number of hydrogen-bond acceptors (Lipinski definition) is 7. The highest BCUT2D eigenvalue weighted by Gasteiger charge is 2.19.